The molecule has 0 heterocycles. The second-order valence-corrected chi connectivity index (χ2v) is 5.51. The maximum atomic E-state index is 11.7. The fraction of sp³-hybridized carbons (Fsp3) is 0.200. The first-order chi connectivity index (χ1) is 12.6. The van der Waals surface area contributed by atoms with Crippen molar-refractivity contribution >= 4 is 23.4 Å². The van der Waals surface area contributed by atoms with Gasteiger partial charge in [0.05, 0.1) is 24.3 Å². The van der Waals surface area contributed by atoms with Crippen molar-refractivity contribution in [1.29, 1.82) is 0 Å². The predicted molar refractivity (Wildman–Crippen MR) is 98.7 cm³/mol. The normalized spacial score (nSPS) is 11.8. The monoisotopic (exact) mass is 352 g/mol. The number of nitrogens with zero attached hydrogens (tertiary/aromatic N) is 2. The predicted octanol–water partition coefficient (Wildman–Crippen LogP) is 3.70. The van der Waals surface area contributed by atoms with Gasteiger partial charge in [-0.3, -0.25) is 0 Å². The molecular formula is C20H20N2O4. The van der Waals surface area contributed by atoms with Crippen LogP contribution in [0.3, 0.4) is 0 Å². The van der Waals surface area contributed by atoms with Crippen molar-refractivity contribution in [3.63, 3.8) is 0 Å². The van der Waals surface area contributed by atoms with E-state index in [1.807, 2.05) is 60.7 Å². The van der Waals surface area contributed by atoms with E-state index in [0.717, 1.165) is 11.1 Å². The molecule has 26 heavy (non-hydrogen) atoms. The fourth-order valence-corrected chi connectivity index (χ4v) is 2.00. The highest BCUT2D eigenvalue weighted by atomic mass is 16.7. The number of hydrogen-bond donors (Lipinski definition) is 0. The number of carbonyl (C=O) groups excluding carboxylic acids is 2. The van der Waals surface area contributed by atoms with Crippen LogP contribution in [0.5, 0.6) is 0 Å². The minimum Gasteiger partial charge on any atom is -0.318 e. The van der Waals surface area contributed by atoms with Crippen LogP contribution in [0.25, 0.3) is 0 Å². The van der Waals surface area contributed by atoms with E-state index in [1.54, 1.807) is 13.8 Å². The van der Waals surface area contributed by atoms with E-state index >= 15 is 0 Å². The Morgan fingerprint density at radius 3 is 1.38 bits per heavy atom. The van der Waals surface area contributed by atoms with Crippen LogP contribution in [-0.2, 0) is 19.3 Å². The first-order valence-electron chi connectivity index (χ1n) is 8.16. The zero-order chi connectivity index (χ0) is 18.8. The summed E-state index contributed by atoms with van der Waals surface area (Å²) in [4.78, 5) is 33.0. The lowest BCUT2D eigenvalue weighted by Crippen LogP contribution is -2.08. The van der Waals surface area contributed by atoms with Gasteiger partial charge in [-0.05, 0) is 25.0 Å². The van der Waals surface area contributed by atoms with Gasteiger partial charge in [-0.1, -0.05) is 71.0 Å². The van der Waals surface area contributed by atoms with Crippen molar-refractivity contribution in [2.75, 3.05) is 0 Å². The van der Waals surface area contributed by atoms with E-state index in [0.29, 0.717) is 11.4 Å². The second-order valence-electron chi connectivity index (χ2n) is 5.51. The third kappa shape index (κ3) is 6.32. The van der Waals surface area contributed by atoms with Gasteiger partial charge in [-0.2, -0.15) is 0 Å². The quantitative estimate of drug-likeness (QED) is 0.432. The Balaban J connectivity index is 1.76. The molecule has 2 aromatic carbocycles. The van der Waals surface area contributed by atoms with Crippen LogP contribution in [0.1, 0.15) is 37.8 Å². The Hall–Kier alpha value is -3.28. The zero-order valence-electron chi connectivity index (χ0n) is 14.7. The van der Waals surface area contributed by atoms with E-state index in [9.17, 15) is 9.59 Å². The van der Waals surface area contributed by atoms with Crippen molar-refractivity contribution in [1.82, 2.24) is 0 Å². The molecule has 0 N–H and O–H groups in total. The summed E-state index contributed by atoms with van der Waals surface area (Å²) in [5, 5.41) is 7.55. The molecule has 0 bridgehead atoms. The van der Waals surface area contributed by atoms with E-state index in [4.69, 9.17) is 9.68 Å². The molecule has 6 heteroatoms. The van der Waals surface area contributed by atoms with Crippen molar-refractivity contribution < 1.29 is 19.3 Å². The molecule has 0 unspecified atom stereocenters. The van der Waals surface area contributed by atoms with E-state index < -0.39 is 11.9 Å². The second kappa shape index (κ2) is 9.88. The van der Waals surface area contributed by atoms with E-state index in [2.05, 4.69) is 10.3 Å². The number of hydrogen-bond acceptors (Lipinski definition) is 6. The SMILES string of the molecule is C/C(=N/OC(=O)CCC(=O)O/N=C(\C)c1ccccc1)c1ccccc1. The number of benzene rings is 2. The molecule has 2 aromatic rings. The molecule has 2 rings (SSSR count). The summed E-state index contributed by atoms with van der Waals surface area (Å²) in [7, 11) is 0. The first kappa shape index (κ1) is 19.1. The Morgan fingerprint density at radius 1 is 0.692 bits per heavy atom. The molecular weight excluding hydrogens is 332 g/mol. The van der Waals surface area contributed by atoms with Gasteiger partial charge in [0.25, 0.3) is 0 Å². The third-order valence-electron chi connectivity index (χ3n) is 3.49. The number of rotatable bonds is 7. The van der Waals surface area contributed by atoms with Crippen molar-refractivity contribution in [2.24, 2.45) is 10.3 Å². The lowest BCUT2D eigenvalue weighted by atomic mass is 10.1. The van der Waals surface area contributed by atoms with Gasteiger partial charge < -0.3 is 9.68 Å². The summed E-state index contributed by atoms with van der Waals surface area (Å²) in [5.74, 6) is -1.22. The summed E-state index contributed by atoms with van der Waals surface area (Å²) >= 11 is 0. The van der Waals surface area contributed by atoms with E-state index in [-0.39, 0.29) is 12.8 Å². The van der Waals surface area contributed by atoms with Gasteiger partial charge in [0.15, 0.2) is 0 Å². The van der Waals surface area contributed by atoms with Gasteiger partial charge in [0, 0.05) is 0 Å². The smallest absolute Gasteiger partial charge is 0.318 e. The van der Waals surface area contributed by atoms with Gasteiger partial charge in [-0.25, -0.2) is 9.59 Å². The maximum absolute atomic E-state index is 11.7. The Bertz CT molecular complexity index is 730. The topological polar surface area (TPSA) is 77.3 Å². The number of carbonyl (C=O) groups is 2. The average molecular weight is 352 g/mol. The lowest BCUT2D eigenvalue weighted by Gasteiger charge is -2.02. The zero-order valence-corrected chi connectivity index (χ0v) is 14.7. The molecule has 0 saturated heterocycles. The molecule has 0 fully saturated rings. The summed E-state index contributed by atoms with van der Waals surface area (Å²) < 4.78 is 0. The summed E-state index contributed by atoms with van der Waals surface area (Å²) in [5.41, 5.74) is 2.85. The summed E-state index contributed by atoms with van der Waals surface area (Å²) in [6.07, 6.45) is -0.269. The minimum absolute atomic E-state index is 0.135. The molecule has 0 aliphatic carbocycles. The molecule has 0 amide bonds. The fourth-order valence-electron chi connectivity index (χ4n) is 2.00. The highest BCUT2D eigenvalue weighted by Gasteiger charge is 2.10. The molecule has 0 aliphatic heterocycles. The standard InChI is InChI=1S/C20H20N2O4/c1-15(17-9-5-3-6-10-17)21-25-19(23)13-14-20(24)26-22-16(2)18-11-7-4-8-12-18/h3-12H,13-14H2,1-2H3/b21-15-,22-16+. The molecule has 0 radical (unpaired) electrons. The molecule has 0 atom stereocenters. The minimum atomic E-state index is -0.610. The Morgan fingerprint density at radius 2 is 1.04 bits per heavy atom. The highest BCUT2D eigenvalue weighted by Crippen LogP contribution is 2.04. The molecule has 6 nitrogen and oxygen atoms in total. The van der Waals surface area contributed by atoms with Crippen LogP contribution in [0.2, 0.25) is 0 Å². The Labute approximate surface area is 152 Å². The van der Waals surface area contributed by atoms with Gasteiger partial charge in [-0.15, -0.1) is 0 Å². The van der Waals surface area contributed by atoms with Gasteiger partial charge >= 0.3 is 11.9 Å². The van der Waals surface area contributed by atoms with Crippen molar-refractivity contribution in [2.45, 2.75) is 26.7 Å². The summed E-state index contributed by atoms with van der Waals surface area (Å²) in [6, 6.07) is 18.7. The molecule has 0 saturated carbocycles. The summed E-state index contributed by atoms with van der Waals surface area (Å²) in [6.45, 7) is 3.47. The van der Waals surface area contributed by atoms with Crippen LogP contribution in [0.15, 0.2) is 71.0 Å². The van der Waals surface area contributed by atoms with Crippen LogP contribution in [0, 0.1) is 0 Å². The van der Waals surface area contributed by atoms with Crippen LogP contribution in [-0.4, -0.2) is 23.4 Å². The largest absolute Gasteiger partial charge is 0.335 e. The molecule has 0 aromatic heterocycles. The van der Waals surface area contributed by atoms with E-state index in [1.165, 1.54) is 0 Å². The molecule has 0 spiro atoms. The van der Waals surface area contributed by atoms with Gasteiger partial charge in [0.1, 0.15) is 0 Å². The Kier molecular flexibility index (Phi) is 7.24. The van der Waals surface area contributed by atoms with Crippen LogP contribution >= 0.6 is 0 Å². The van der Waals surface area contributed by atoms with Gasteiger partial charge in [0.2, 0.25) is 0 Å². The number of oxime groups is 2. The lowest BCUT2D eigenvalue weighted by molar-refractivity contribution is -0.150. The highest BCUT2D eigenvalue weighted by molar-refractivity contribution is 5.99. The van der Waals surface area contributed by atoms with Crippen LogP contribution in [0.4, 0.5) is 0 Å². The van der Waals surface area contributed by atoms with Crippen molar-refractivity contribution in [3.8, 4) is 0 Å². The molecule has 134 valence electrons. The third-order valence-corrected chi connectivity index (χ3v) is 3.49. The molecule has 0 aliphatic rings. The first-order valence-corrected chi connectivity index (χ1v) is 8.16. The maximum Gasteiger partial charge on any atom is 0.335 e. The average Bonchev–Trinajstić information content (AvgIpc) is 2.69. The van der Waals surface area contributed by atoms with Crippen molar-refractivity contribution in [3.05, 3.63) is 71.8 Å². The van der Waals surface area contributed by atoms with Crippen LogP contribution < -0.4 is 0 Å².